The van der Waals surface area contributed by atoms with Crippen molar-refractivity contribution in [3.8, 4) is 28.1 Å². The Hall–Kier alpha value is -2.86. The fourth-order valence-electron chi connectivity index (χ4n) is 4.14. The SMILES string of the molecule is CC1CCCCC1NC(=O)CCNc1cc(-c2ccsc2)cc(-c2cccc(O)c2)n1. The summed E-state index contributed by atoms with van der Waals surface area (Å²) in [7, 11) is 0. The van der Waals surface area contributed by atoms with Gasteiger partial charge in [-0.05, 0) is 71.0 Å². The molecule has 6 heteroatoms. The van der Waals surface area contributed by atoms with E-state index in [0.717, 1.165) is 34.6 Å². The predicted octanol–water partition coefficient (Wildman–Crippen LogP) is 5.68. The molecule has 0 spiro atoms. The highest BCUT2D eigenvalue weighted by Crippen LogP contribution is 2.30. The van der Waals surface area contributed by atoms with E-state index in [2.05, 4.69) is 29.0 Å². The van der Waals surface area contributed by atoms with Crippen LogP contribution < -0.4 is 10.6 Å². The number of hydrogen-bond acceptors (Lipinski definition) is 5. The summed E-state index contributed by atoms with van der Waals surface area (Å²) in [4.78, 5) is 17.2. The molecule has 1 amide bonds. The number of benzene rings is 1. The van der Waals surface area contributed by atoms with Gasteiger partial charge in [0.1, 0.15) is 11.6 Å². The van der Waals surface area contributed by atoms with Crippen LogP contribution in [0.25, 0.3) is 22.4 Å². The molecular formula is C25H29N3O2S. The fourth-order valence-corrected chi connectivity index (χ4v) is 4.81. The standard InChI is InChI=1S/C25H29N3O2S/c1-17-5-2-3-8-22(17)28-25(30)9-11-26-24-15-20(19-10-12-31-16-19)14-23(27-24)18-6-4-7-21(29)13-18/h4,6-7,10,12-17,22,29H,2-3,5,8-9,11H2,1H3,(H,26,27)(H,28,30). The minimum atomic E-state index is 0.0912. The van der Waals surface area contributed by atoms with Crippen LogP contribution in [0.15, 0.2) is 53.2 Å². The summed E-state index contributed by atoms with van der Waals surface area (Å²) in [5.74, 6) is 1.58. The quantitative estimate of drug-likeness (QED) is 0.446. The Balaban J connectivity index is 1.45. The van der Waals surface area contributed by atoms with Gasteiger partial charge in [-0.3, -0.25) is 4.79 Å². The highest BCUT2D eigenvalue weighted by Gasteiger charge is 2.22. The van der Waals surface area contributed by atoms with E-state index in [1.807, 2.05) is 29.6 Å². The second-order valence-corrected chi connectivity index (χ2v) is 9.08. The Kier molecular flexibility index (Phi) is 6.87. The van der Waals surface area contributed by atoms with Gasteiger partial charge >= 0.3 is 0 Å². The van der Waals surface area contributed by atoms with Gasteiger partial charge in [0.25, 0.3) is 0 Å². The summed E-state index contributed by atoms with van der Waals surface area (Å²) in [5.41, 5.74) is 3.81. The van der Waals surface area contributed by atoms with Crippen molar-refractivity contribution in [1.29, 1.82) is 0 Å². The molecule has 2 aromatic heterocycles. The van der Waals surface area contributed by atoms with Crippen molar-refractivity contribution in [3.05, 3.63) is 53.2 Å². The maximum absolute atomic E-state index is 12.4. The van der Waals surface area contributed by atoms with Gasteiger partial charge in [-0.25, -0.2) is 4.98 Å². The van der Waals surface area contributed by atoms with Crippen LogP contribution in [0.5, 0.6) is 5.75 Å². The molecule has 1 aliphatic rings. The highest BCUT2D eigenvalue weighted by molar-refractivity contribution is 7.08. The first-order chi connectivity index (χ1) is 15.1. The molecule has 0 aliphatic heterocycles. The molecule has 2 unspecified atom stereocenters. The average Bonchev–Trinajstić information content (AvgIpc) is 3.30. The molecule has 1 aromatic carbocycles. The lowest BCUT2D eigenvalue weighted by atomic mass is 9.86. The Morgan fingerprint density at radius 3 is 2.77 bits per heavy atom. The van der Waals surface area contributed by atoms with E-state index >= 15 is 0 Å². The molecule has 31 heavy (non-hydrogen) atoms. The Morgan fingerprint density at radius 2 is 2.00 bits per heavy atom. The predicted molar refractivity (Wildman–Crippen MR) is 127 cm³/mol. The molecule has 1 saturated carbocycles. The van der Waals surface area contributed by atoms with Crippen molar-refractivity contribution in [2.75, 3.05) is 11.9 Å². The van der Waals surface area contributed by atoms with E-state index in [0.29, 0.717) is 24.9 Å². The van der Waals surface area contributed by atoms with Gasteiger partial charge in [0.2, 0.25) is 5.91 Å². The zero-order chi connectivity index (χ0) is 21.6. The fraction of sp³-hybridized carbons (Fsp3) is 0.360. The summed E-state index contributed by atoms with van der Waals surface area (Å²) in [6.45, 7) is 2.75. The van der Waals surface area contributed by atoms with Crippen LogP contribution in [0.4, 0.5) is 5.82 Å². The van der Waals surface area contributed by atoms with Crippen molar-refractivity contribution in [2.24, 2.45) is 5.92 Å². The average molecular weight is 436 g/mol. The zero-order valence-electron chi connectivity index (χ0n) is 17.8. The minimum absolute atomic E-state index is 0.0912. The normalized spacial score (nSPS) is 18.5. The summed E-state index contributed by atoms with van der Waals surface area (Å²) in [5, 5.41) is 20.5. The zero-order valence-corrected chi connectivity index (χ0v) is 18.6. The van der Waals surface area contributed by atoms with E-state index < -0.39 is 0 Å². The van der Waals surface area contributed by atoms with Gasteiger partial charge in [-0.15, -0.1) is 0 Å². The molecule has 2 atom stereocenters. The third kappa shape index (κ3) is 5.64. The lowest BCUT2D eigenvalue weighted by molar-refractivity contribution is -0.122. The van der Waals surface area contributed by atoms with Crippen LogP contribution >= 0.6 is 11.3 Å². The van der Waals surface area contributed by atoms with Crippen LogP contribution in [-0.2, 0) is 4.79 Å². The molecule has 5 nitrogen and oxygen atoms in total. The molecule has 1 aliphatic carbocycles. The molecule has 1 fully saturated rings. The smallest absolute Gasteiger partial charge is 0.221 e. The van der Waals surface area contributed by atoms with Crippen molar-refractivity contribution < 1.29 is 9.90 Å². The third-order valence-electron chi connectivity index (χ3n) is 5.94. The number of phenolic OH excluding ortho intramolecular Hbond substituents is 1. The molecule has 0 bridgehead atoms. The maximum atomic E-state index is 12.4. The molecule has 0 saturated heterocycles. The van der Waals surface area contributed by atoms with Crippen LogP contribution in [0.3, 0.4) is 0 Å². The minimum Gasteiger partial charge on any atom is -0.508 e. The number of rotatable bonds is 7. The van der Waals surface area contributed by atoms with Gasteiger partial charge < -0.3 is 15.7 Å². The number of thiophene rings is 1. The second kappa shape index (κ2) is 9.96. The Morgan fingerprint density at radius 1 is 1.13 bits per heavy atom. The van der Waals surface area contributed by atoms with Crippen LogP contribution in [0.1, 0.15) is 39.0 Å². The molecule has 2 heterocycles. The topological polar surface area (TPSA) is 74.2 Å². The van der Waals surface area contributed by atoms with Gasteiger partial charge in [0.15, 0.2) is 0 Å². The van der Waals surface area contributed by atoms with E-state index in [1.165, 1.54) is 19.3 Å². The number of pyridine rings is 1. The van der Waals surface area contributed by atoms with Crippen LogP contribution in [-0.4, -0.2) is 28.6 Å². The number of carbonyl (C=O) groups excluding carboxylic acids is 1. The van der Waals surface area contributed by atoms with Gasteiger partial charge in [0.05, 0.1) is 5.69 Å². The molecule has 3 N–H and O–H groups in total. The number of aromatic nitrogens is 1. The van der Waals surface area contributed by atoms with Crippen molar-refractivity contribution in [3.63, 3.8) is 0 Å². The molecular weight excluding hydrogens is 406 g/mol. The number of amides is 1. The molecule has 0 radical (unpaired) electrons. The number of aromatic hydroxyl groups is 1. The van der Waals surface area contributed by atoms with E-state index in [9.17, 15) is 9.90 Å². The Bertz CT molecular complexity index is 1020. The largest absolute Gasteiger partial charge is 0.508 e. The number of hydrogen-bond donors (Lipinski definition) is 3. The monoisotopic (exact) mass is 435 g/mol. The van der Waals surface area contributed by atoms with Crippen LogP contribution in [0.2, 0.25) is 0 Å². The molecule has 162 valence electrons. The second-order valence-electron chi connectivity index (χ2n) is 8.30. The van der Waals surface area contributed by atoms with Crippen LogP contribution in [0, 0.1) is 5.92 Å². The van der Waals surface area contributed by atoms with E-state index in [4.69, 9.17) is 4.98 Å². The first-order valence-electron chi connectivity index (χ1n) is 11.0. The summed E-state index contributed by atoms with van der Waals surface area (Å²) in [6.07, 6.45) is 5.15. The van der Waals surface area contributed by atoms with Crippen molar-refractivity contribution >= 4 is 23.1 Å². The number of carbonyl (C=O) groups is 1. The lowest BCUT2D eigenvalue weighted by Crippen LogP contribution is -2.41. The van der Waals surface area contributed by atoms with E-state index in [-0.39, 0.29) is 11.7 Å². The van der Waals surface area contributed by atoms with Crippen molar-refractivity contribution in [2.45, 2.75) is 45.1 Å². The third-order valence-corrected chi connectivity index (χ3v) is 6.62. The summed E-state index contributed by atoms with van der Waals surface area (Å²) >= 11 is 1.65. The first-order valence-corrected chi connectivity index (χ1v) is 11.9. The number of nitrogens with one attached hydrogen (secondary N) is 2. The van der Waals surface area contributed by atoms with Crippen molar-refractivity contribution in [1.82, 2.24) is 10.3 Å². The number of phenols is 1. The first kappa shape index (κ1) is 21.4. The highest BCUT2D eigenvalue weighted by atomic mass is 32.1. The summed E-state index contributed by atoms with van der Waals surface area (Å²) < 4.78 is 0. The van der Waals surface area contributed by atoms with E-state index in [1.54, 1.807) is 23.5 Å². The molecule has 4 rings (SSSR count). The number of nitrogens with zero attached hydrogens (tertiary/aromatic N) is 1. The van der Waals surface area contributed by atoms with Gasteiger partial charge in [-0.1, -0.05) is 31.9 Å². The van der Waals surface area contributed by atoms with Gasteiger partial charge in [-0.2, -0.15) is 11.3 Å². The summed E-state index contributed by atoms with van der Waals surface area (Å²) in [6, 6.07) is 13.5. The lowest BCUT2D eigenvalue weighted by Gasteiger charge is -2.29. The maximum Gasteiger partial charge on any atom is 0.221 e. The Labute approximate surface area is 187 Å². The number of anilines is 1. The molecule has 3 aromatic rings. The van der Waals surface area contributed by atoms with Gasteiger partial charge in [0, 0.05) is 24.6 Å².